The van der Waals surface area contributed by atoms with Crippen molar-refractivity contribution in [3.05, 3.63) is 28.2 Å². The van der Waals surface area contributed by atoms with Crippen LogP contribution >= 0.6 is 15.9 Å². The largest absolute Gasteiger partial charge is 0.490 e. The van der Waals surface area contributed by atoms with E-state index in [1.165, 1.54) is 12.1 Å². The molecule has 0 spiro atoms. The van der Waals surface area contributed by atoms with Gasteiger partial charge in [0, 0.05) is 6.61 Å². The van der Waals surface area contributed by atoms with Gasteiger partial charge in [-0.25, -0.2) is 4.79 Å². The quantitative estimate of drug-likeness (QED) is 0.818. The monoisotopic (exact) mass is 288 g/mol. The average molecular weight is 289 g/mol. The third-order valence-corrected chi connectivity index (χ3v) is 2.49. The summed E-state index contributed by atoms with van der Waals surface area (Å²) in [6.07, 6.45) is 0. The standard InChI is InChI=1S/C11H13BrO4/c1-2-15-5-6-16-10-4-3-8(11(13)14)7-9(10)12/h3-4,7H,2,5-6H2,1H3,(H,13,14). The van der Waals surface area contributed by atoms with Crippen LogP contribution in [0.1, 0.15) is 17.3 Å². The van der Waals surface area contributed by atoms with E-state index in [9.17, 15) is 4.79 Å². The molecular formula is C11H13BrO4. The summed E-state index contributed by atoms with van der Waals surface area (Å²) in [7, 11) is 0. The lowest BCUT2D eigenvalue weighted by Gasteiger charge is -2.08. The summed E-state index contributed by atoms with van der Waals surface area (Å²) >= 11 is 3.26. The molecule has 0 aliphatic heterocycles. The molecule has 0 unspecified atom stereocenters. The predicted molar refractivity (Wildman–Crippen MR) is 63.1 cm³/mol. The zero-order chi connectivity index (χ0) is 12.0. The van der Waals surface area contributed by atoms with E-state index < -0.39 is 5.97 Å². The SMILES string of the molecule is CCOCCOc1ccc(C(=O)O)cc1Br. The number of carboxylic acids is 1. The molecular weight excluding hydrogens is 276 g/mol. The minimum absolute atomic E-state index is 0.226. The molecule has 0 heterocycles. The van der Waals surface area contributed by atoms with Gasteiger partial charge in [-0.05, 0) is 41.1 Å². The molecule has 16 heavy (non-hydrogen) atoms. The molecule has 1 N–H and O–H groups in total. The van der Waals surface area contributed by atoms with Gasteiger partial charge in [0.25, 0.3) is 0 Å². The number of benzene rings is 1. The summed E-state index contributed by atoms with van der Waals surface area (Å²) in [6, 6.07) is 4.64. The van der Waals surface area contributed by atoms with Gasteiger partial charge in [0.15, 0.2) is 0 Å². The van der Waals surface area contributed by atoms with Crippen LogP contribution in [0.15, 0.2) is 22.7 Å². The molecule has 5 heteroatoms. The summed E-state index contributed by atoms with van der Waals surface area (Å²) in [5.41, 5.74) is 0.226. The summed E-state index contributed by atoms with van der Waals surface area (Å²) in [5, 5.41) is 8.76. The van der Waals surface area contributed by atoms with E-state index in [-0.39, 0.29) is 5.56 Å². The maximum Gasteiger partial charge on any atom is 0.335 e. The smallest absolute Gasteiger partial charge is 0.335 e. The summed E-state index contributed by atoms with van der Waals surface area (Å²) in [6.45, 7) is 3.53. The molecule has 0 aromatic heterocycles. The number of ether oxygens (including phenoxy) is 2. The Bertz CT molecular complexity index is 365. The third kappa shape index (κ3) is 3.83. The molecule has 88 valence electrons. The number of halogens is 1. The van der Waals surface area contributed by atoms with Gasteiger partial charge in [-0.1, -0.05) is 0 Å². The van der Waals surface area contributed by atoms with Crippen LogP contribution in [-0.2, 0) is 4.74 Å². The number of aromatic carboxylic acids is 1. The normalized spacial score (nSPS) is 10.1. The zero-order valence-electron chi connectivity index (χ0n) is 8.90. The predicted octanol–water partition coefficient (Wildman–Crippen LogP) is 2.56. The molecule has 0 fully saturated rings. The van der Waals surface area contributed by atoms with Gasteiger partial charge >= 0.3 is 5.97 Å². The molecule has 1 aromatic carbocycles. The molecule has 0 atom stereocenters. The Morgan fingerprint density at radius 1 is 1.44 bits per heavy atom. The zero-order valence-corrected chi connectivity index (χ0v) is 10.5. The average Bonchev–Trinajstić information content (AvgIpc) is 2.26. The van der Waals surface area contributed by atoms with Crippen molar-refractivity contribution in [2.45, 2.75) is 6.92 Å². The molecule has 0 radical (unpaired) electrons. The van der Waals surface area contributed by atoms with E-state index >= 15 is 0 Å². The number of carbonyl (C=O) groups is 1. The highest BCUT2D eigenvalue weighted by Gasteiger charge is 2.07. The van der Waals surface area contributed by atoms with Crippen LogP contribution in [0.25, 0.3) is 0 Å². The minimum Gasteiger partial charge on any atom is -0.490 e. The Kier molecular flexibility index (Phi) is 5.28. The Morgan fingerprint density at radius 2 is 2.19 bits per heavy atom. The van der Waals surface area contributed by atoms with Crippen molar-refractivity contribution in [2.24, 2.45) is 0 Å². The van der Waals surface area contributed by atoms with E-state index in [4.69, 9.17) is 14.6 Å². The highest BCUT2D eigenvalue weighted by atomic mass is 79.9. The molecule has 0 bridgehead atoms. The first kappa shape index (κ1) is 13.0. The topological polar surface area (TPSA) is 55.8 Å². The first-order chi connectivity index (χ1) is 7.65. The first-order valence-corrected chi connectivity index (χ1v) is 5.68. The molecule has 0 amide bonds. The van der Waals surface area contributed by atoms with Crippen molar-refractivity contribution in [3.63, 3.8) is 0 Å². The molecule has 0 saturated heterocycles. The number of hydrogen-bond acceptors (Lipinski definition) is 3. The Balaban J connectivity index is 2.57. The summed E-state index contributed by atoms with van der Waals surface area (Å²) in [4.78, 5) is 10.7. The second-order valence-electron chi connectivity index (χ2n) is 3.00. The van der Waals surface area contributed by atoms with E-state index in [0.717, 1.165) is 0 Å². The van der Waals surface area contributed by atoms with Crippen LogP contribution < -0.4 is 4.74 Å². The van der Waals surface area contributed by atoms with Crippen molar-refractivity contribution in [1.29, 1.82) is 0 Å². The molecule has 1 rings (SSSR count). The van der Waals surface area contributed by atoms with E-state index in [1.54, 1.807) is 6.07 Å². The van der Waals surface area contributed by atoms with Crippen LogP contribution in [0.2, 0.25) is 0 Å². The van der Waals surface area contributed by atoms with Crippen LogP contribution in [0.5, 0.6) is 5.75 Å². The van der Waals surface area contributed by atoms with Gasteiger partial charge in [0.2, 0.25) is 0 Å². The van der Waals surface area contributed by atoms with Crippen LogP contribution in [-0.4, -0.2) is 30.9 Å². The molecule has 0 aliphatic carbocycles. The first-order valence-electron chi connectivity index (χ1n) is 4.88. The highest BCUT2D eigenvalue weighted by Crippen LogP contribution is 2.25. The van der Waals surface area contributed by atoms with E-state index in [1.807, 2.05) is 6.92 Å². The Morgan fingerprint density at radius 3 is 2.75 bits per heavy atom. The van der Waals surface area contributed by atoms with Crippen LogP contribution in [0.4, 0.5) is 0 Å². The van der Waals surface area contributed by atoms with Crippen molar-refractivity contribution >= 4 is 21.9 Å². The number of hydrogen-bond donors (Lipinski definition) is 1. The van der Waals surface area contributed by atoms with Gasteiger partial charge in [-0.3, -0.25) is 0 Å². The van der Waals surface area contributed by atoms with Crippen molar-refractivity contribution in [2.75, 3.05) is 19.8 Å². The molecule has 0 aliphatic rings. The number of carboxylic acid groups (broad SMARTS) is 1. The molecule has 1 aromatic rings. The maximum absolute atomic E-state index is 10.7. The molecule has 0 saturated carbocycles. The Hall–Kier alpha value is -1.07. The van der Waals surface area contributed by atoms with Crippen LogP contribution in [0.3, 0.4) is 0 Å². The van der Waals surface area contributed by atoms with Crippen molar-refractivity contribution in [1.82, 2.24) is 0 Å². The molecule has 4 nitrogen and oxygen atoms in total. The second kappa shape index (κ2) is 6.50. The fraction of sp³-hybridized carbons (Fsp3) is 0.364. The van der Waals surface area contributed by atoms with Gasteiger partial charge in [0.05, 0.1) is 16.6 Å². The van der Waals surface area contributed by atoms with Gasteiger partial charge in [-0.15, -0.1) is 0 Å². The minimum atomic E-state index is -0.957. The van der Waals surface area contributed by atoms with Gasteiger partial charge in [0.1, 0.15) is 12.4 Å². The van der Waals surface area contributed by atoms with E-state index in [0.29, 0.717) is 30.0 Å². The maximum atomic E-state index is 10.7. The lowest BCUT2D eigenvalue weighted by atomic mass is 10.2. The Labute approximate surface area is 102 Å². The van der Waals surface area contributed by atoms with Crippen molar-refractivity contribution < 1.29 is 19.4 Å². The lowest BCUT2D eigenvalue weighted by molar-refractivity contribution is 0.0696. The van der Waals surface area contributed by atoms with E-state index in [2.05, 4.69) is 15.9 Å². The lowest BCUT2D eigenvalue weighted by Crippen LogP contribution is -2.07. The highest BCUT2D eigenvalue weighted by molar-refractivity contribution is 9.10. The second-order valence-corrected chi connectivity index (χ2v) is 3.85. The van der Waals surface area contributed by atoms with Gasteiger partial charge in [-0.2, -0.15) is 0 Å². The van der Waals surface area contributed by atoms with Gasteiger partial charge < -0.3 is 14.6 Å². The number of rotatable bonds is 6. The van der Waals surface area contributed by atoms with Crippen molar-refractivity contribution in [3.8, 4) is 5.75 Å². The fourth-order valence-corrected chi connectivity index (χ4v) is 1.60. The summed E-state index contributed by atoms with van der Waals surface area (Å²) < 4.78 is 11.2. The third-order valence-electron chi connectivity index (χ3n) is 1.87. The van der Waals surface area contributed by atoms with Crippen LogP contribution in [0, 0.1) is 0 Å². The summed E-state index contributed by atoms with van der Waals surface area (Å²) in [5.74, 6) is -0.341. The fourth-order valence-electron chi connectivity index (χ4n) is 1.11.